The van der Waals surface area contributed by atoms with Crippen LogP contribution < -0.4 is 10.6 Å². The summed E-state index contributed by atoms with van der Waals surface area (Å²) in [6.07, 6.45) is 4.19. The summed E-state index contributed by atoms with van der Waals surface area (Å²) < 4.78 is 0. The molecule has 0 saturated heterocycles. The summed E-state index contributed by atoms with van der Waals surface area (Å²) in [5, 5.41) is 6.34. The molecule has 0 bridgehead atoms. The van der Waals surface area contributed by atoms with Gasteiger partial charge in [-0.25, -0.2) is 4.98 Å². The Labute approximate surface area is 116 Å². The highest BCUT2D eigenvalue weighted by atomic mass is 15.1. The molecule has 0 radical (unpaired) electrons. The molecule has 0 aliphatic rings. The van der Waals surface area contributed by atoms with E-state index in [4.69, 9.17) is 0 Å². The van der Waals surface area contributed by atoms with Crippen LogP contribution in [0.25, 0.3) is 0 Å². The van der Waals surface area contributed by atoms with Crippen molar-refractivity contribution >= 4 is 11.8 Å². The molecule has 0 fully saturated rings. The standard InChI is InChI=1S/C14H27N5/c1-11(2)19(5)9-7-6-8-16-13-12(3)10-17-14(15-4)18-13/h10-11H,6-9H2,1-5H3,(H2,15,16,17,18). The summed E-state index contributed by atoms with van der Waals surface area (Å²) in [5.41, 5.74) is 1.08. The van der Waals surface area contributed by atoms with Gasteiger partial charge in [0.1, 0.15) is 5.82 Å². The summed E-state index contributed by atoms with van der Waals surface area (Å²) in [4.78, 5) is 11.0. The minimum absolute atomic E-state index is 0.621. The number of hydrogen-bond acceptors (Lipinski definition) is 5. The highest BCUT2D eigenvalue weighted by Gasteiger charge is 2.03. The van der Waals surface area contributed by atoms with Crippen molar-refractivity contribution in [2.24, 2.45) is 0 Å². The number of anilines is 2. The number of unbranched alkanes of at least 4 members (excludes halogenated alkanes) is 1. The fourth-order valence-electron chi connectivity index (χ4n) is 1.69. The van der Waals surface area contributed by atoms with Crippen LogP contribution in [-0.2, 0) is 0 Å². The van der Waals surface area contributed by atoms with Gasteiger partial charge in [-0.1, -0.05) is 0 Å². The van der Waals surface area contributed by atoms with E-state index in [1.807, 2.05) is 20.2 Å². The first kappa shape index (κ1) is 15.7. The van der Waals surface area contributed by atoms with E-state index in [-0.39, 0.29) is 0 Å². The van der Waals surface area contributed by atoms with E-state index in [0.29, 0.717) is 12.0 Å². The Hall–Kier alpha value is -1.36. The number of nitrogens with zero attached hydrogens (tertiary/aromatic N) is 3. The number of rotatable bonds is 8. The Morgan fingerprint density at radius 3 is 2.68 bits per heavy atom. The van der Waals surface area contributed by atoms with E-state index >= 15 is 0 Å². The summed E-state index contributed by atoms with van der Waals surface area (Å²) in [5.74, 6) is 1.59. The summed E-state index contributed by atoms with van der Waals surface area (Å²) >= 11 is 0. The van der Waals surface area contributed by atoms with Crippen LogP contribution in [0.4, 0.5) is 11.8 Å². The molecule has 1 aromatic rings. The van der Waals surface area contributed by atoms with Crippen molar-refractivity contribution in [2.75, 3.05) is 37.8 Å². The van der Waals surface area contributed by atoms with Crippen molar-refractivity contribution in [1.82, 2.24) is 14.9 Å². The largest absolute Gasteiger partial charge is 0.370 e. The molecule has 2 N–H and O–H groups in total. The fourth-order valence-corrected chi connectivity index (χ4v) is 1.69. The smallest absolute Gasteiger partial charge is 0.224 e. The van der Waals surface area contributed by atoms with E-state index in [1.165, 1.54) is 6.42 Å². The minimum Gasteiger partial charge on any atom is -0.370 e. The van der Waals surface area contributed by atoms with Crippen molar-refractivity contribution < 1.29 is 0 Å². The zero-order valence-corrected chi connectivity index (χ0v) is 12.8. The highest BCUT2D eigenvalue weighted by Crippen LogP contribution is 2.12. The van der Waals surface area contributed by atoms with Crippen molar-refractivity contribution in [3.63, 3.8) is 0 Å². The van der Waals surface area contributed by atoms with Crippen LogP contribution in [-0.4, -0.2) is 48.1 Å². The van der Waals surface area contributed by atoms with E-state index in [9.17, 15) is 0 Å². The third-order valence-electron chi connectivity index (χ3n) is 3.31. The maximum atomic E-state index is 4.41. The molecule has 1 aromatic heterocycles. The van der Waals surface area contributed by atoms with Gasteiger partial charge in [-0.3, -0.25) is 0 Å². The van der Waals surface area contributed by atoms with Gasteiger partial charge in [0.25, 0.3) is 0 Å². The Balaban J connectivity index is 2.29. The minimum atomic E-state index is 0.621. The summed E-state index contributed by atoms with van der Waals surface area (Å²) in [6.45, 7) is 8.56. The molecule has 0 aromatic carbocycles. The molecule has 1 heterocycles. The molecule has 1 rings (SSSR count). The number of hydrogen-bond donors (Lipinski definition) is 2. The van der Waals surface area contributed by atoms with Gasteiger partial charge >= 0.3 is 0 Å². The number of aromatic nitrogens is 2. The quantitative estimate of drug-likeness (QED) is 0.707. The van der Waals surface area contributed by atoms with Gasteiger partial charge in [-0.15, -0.1) is 0 Å². The van der Waals surface area contributed by atoms with Gasteiger partial charge in [0.15, 0.2) is 0 Å². The maximum absolute atomic E-state index is 4.41. The molecule has 5 heteroatoms. The first-order valence-corrected chi connectivity index (χ1v) is 7.00. The van der Waals surface area contributed by atoms with E-state index < -0.39 is 0 Å². The van der Waals surface area contributed by atoms with Crippen LogP contribution in [0.2, 0.25) is 0 Å². The fraction of sp³-hybridized carbons (Fsp3) is 0.714. The lowest BCUT2D eigenvalue weighted by Gasteiger charge is -2.20. The first-order valence-electron chi connectivity index (χ1n) is 7.00. The Bertz CT molecular complexity index is 378. The zero-order valence-electron chi connectivity index (χ0n) is 12.8. The van der Waals surface area contributed by atoms with Crippen LogP contribution >= 0.6 is 0 Å². The molecular weight excluding hydrogens is 238 g/mol. The van der Waals surface area contributed by atoms with Crippen LogP contribution in [0.1, 0.15) is 32.3 Å². The Morgan fingerprint density at radius 2 is 2.05 bits per heavy atom. The molecule has 5 nitrogen and oxygen atoms in total. The molecule has 0 aliphatic carbocycles. The van der Waals surface area contributed by atoms with Gasteiger partial charge < -0.3 is 15.5 Å². The topological polar surface area (TPSA) is 53.1 Å². The predicted octanol–water partition coefficient (Wildman–Crippen LogP) is 2.36. The van der Waals surface area contributed by atoms with Crippen LogP contribution in [0.5, 0.6) is 0 Å². The van der Waals surface area contributed by atoms with Crippen LogP contribution in [0, 0.1) is 6.92 Å². The average molecular weight is 265 g/mol. The second-order valence-electron chi connectivity index (χ2n) is 5.18. The Kier molecular flexibility index (Phi) is 6.56. The molecule has 0 spiro atoms. The molecule has 0 unspecified atom stereocenters. The van der Waals surface area contributed by atoms with Gasteiger partial charge in [-0.05, 0) is 47.2 Å². The molecule has 0 amide bonds. The number of nitrogens with one attached hydrogen (secondary N) is 2. The van der Waals surface area contributed by atoms with Gasteiger partial charge in [-0.2, -0.15) is 4.98 Å². The average Bonchev–Trinajstić information content (AvgIpc) is 2.39. The molecule has 19 heavy (non-hydrogen) atoms. The molecule has 108 valence electrons. The summed E-state index contributed by atoms with van der Waals surface area (Å²) in [6, 6.07) is 0.621. The molecular formula is C14H27N5. The van der Waals surface area contributed by atoms with Gasteiger partial charge in [0.2, 0.25) is 5.95 Å². The lowest BCUT2D eigenvalue weighted by atomic mass is 10.2. The SMILES string of the molecule is CNc1ncc(C)c(NCCCCN(C)C(C)C)n1. The van der Waals surface area contributed by atoms with E-state index in [2.05, 4.69) is 46.4 Å². The van der Waals surface area contributed by atoms with Crippen LogP contribution in [0.3, 0.4) is 0 Å². The van der Waals surface area contributed by atoms with Gasteiger partial charge in [0.05, 0.1) is 0 Å². The third kappa shape index (κ3) is 5.42. The van der Waals surface area contributed by atoms with Crippen molar-refractivity contribution in [3.8, 4) is 0 Å². The molecule has 0 saturated carbocycles. The third-order valence-corrected chi connectivity index (χ3v) is 3.31. The summed E-state index contributed by atoms with van der Waals surface area (Å²) in [7, 11) is 4.00. The first-order chi connectivity index (χ1) is 9.04. The second kappa shape index (κ2) is 7.94. The predicted molar refractivity (Wildman–Crippen MR) is 81.8 cm³/mol. The zero-order chi connectivity index (χ0) is 14.3. The molecule has 0 aliphatic heterocycles. The highest BCUT2D eigenvalue weighted by molar-refractivity contribution is 5.46. The lowest BCUT2D eigenvalue weighted by molar-refractivity contribution is 0.269. The lowest BCUT2D eigenvalue weighted by Crippen LogP contribution is -2.27. The monoisotopic (exact) mass is 265 g/mol. The second-order valence-corrected chi connectivity index (χ2v) is 5.18. The van der Waals surface area contributed by atoms with E-state index in [0.717, 1.165) is 30.9 Å². The number of aryl methyl sites for hydroxylation is 1. The van der Waals surface area contributed by atoms with Crippen molar-refractivity contribution in [2.45, 2.75) is 39.7 Å². The normalized spacial score (nSPS) is 11.1. The van der Waals surface area contributed by atoms with Crippen molar-refractivity contribution in [1.29, 1.82) is 0 Å². The molecule has 0 atom stereocenters. The van der Waals surface area contributed by atoms with E-state index in [1.54, 1.807) is 0 Å². The maximum Gasteiger partial charge on any atom is 0.224 e. The van der Waals surface area contributed by atoms with Gasteiger partial charge in [0, 0.05) is 31.4 Å². The van der Waals surface area contributed by atoms with Crippen LogP contribution in [0.15, 0.2) is 6.20 Å². The van der Waals surface area contributed by atoms with Crippen molar-refractivity contribution in [3.05, 3.63) is 11.8 Å². The Morgan fingerprint density at radius 1 is 1.32 bits per heavy atom.